The van der Waals surface area contributed by atoms with Gasteiger partial charge in [0.1, 0.15) is 18.0 Å². The number of nitro groups is 1. The number of rotatable bonds is 5. The summed E-state index contributed by atoms with van der Waals surface area (Å²) in [6, 6.07) is 4.08. The number of nitro benzene ring substituents is 1. The highest BCUT2D eigenvalue weighted by Gasteiger charge is 2.41. The van der Waals surface area contributed by atoms with Crippen LogP contribution in [0.25, 0.3) is 0 Å². The second kappa shape index (κ2) is 5.73. The second-order valence-electron chi connectivity index (χ2n) is 4.35. The number of hydrogen-bond donors (Lipinski definition) is 1. The molecule has 1 saturated carbocycles. The van der Waals surface area contributed by atoms with Crippen molar-refractivity contribution in [2.75, 3.05) is 6.61 Å². The van der Waals surface area contributed by atoms with Gasteiger partial charge in [0, 0.05) is 31.2 Å². The van der Waals surface area contributed by atoms with Gasteiger partial charge in [-0.15, -0.1) is 0 Å². The first-order valence-corrected chi connectivity index (χ1v) is 6.38. The maximum Gasteiger partial charge on any atom is 0.271 e. The highest BCUT2D eigenvalue weighted by atomic mass is 35.5. The molecule has 3 atom stereocenters. The van der Waals surface area contributed by atoms with Crippen molar-refractivity contribution in [1.29, 1.82) is 0 Å². The lowest BCUT2D eigenvalue weighted by Gasteiger charge is -2.41. The maximum absolute atomic E-state index is 10.6. The number of nitrogens with two attached hydrogens (primary N) is 1. The Kier molecular flexibility index (Phi) is 4.24. The smallest absolute Gasteiger partial charge is 0.271 e. The predicted octanol–water partition coefficient (Wildman–Crippen LogP) is 2.13. The monoisotopic (exact) mass is 286 g/mol. The Morgan fingerprint density at radius 3 is 2.84 bits per heavy atom. The number of benzene rings is 1. The Morgan fingerprint density at radius 2 is 2.32 bits per heavy atom. The van der Waals surface area contributed by atoms with E-state index in [1.54, 1.807) is 0 Å². The molecule has 1 fully saturated rings. The zero-order chi connectivity index (χ0) is 14.0. The van der Waals surface area contributed by atoms with Crippen molar-refractivity contribution in [2.24, 2.45) is 5.73 Å². The summed E-state index contributed by atoms with van der Waals surface area (Å²) in [4.78, 5) is 10.1. The standard InChI is InChI=1S/C12H15ClN2O4/c1-2-18-12-9(14)6-11(12)19-10-4-3-7(15(16)17)5-8(10)13/h3-5,9,11-12H,2,6,14H2,1H3. The fraction of sp³-hybridized carbons (Fsp3) is 0.500. The van der Waals surface area contributed by atoms with E-state index in [4.69, 9.17) is 26.8 Å². The Hall–Kier alpha value is -1.37. The van der Waals surface area contributed by atoms with E-state index >= 15 is 0 Å². The van der Waals surface area contributed by atoms with E-state index in [0.717, 1.165) is 0 Å². The van der Waals surface area contributed by atoms with Crippen LogP contribution in [0.3, 0.4) is 0 Å². The van der Waals surface area contributed by atoms with E-state index in [-0.39, 0.29) is 29.0 Å². The minimum Gasteiger partial charge on any atom is -0.486 e. The topological polar surface area (TPSA) is 87.6 Å². The summed E-state index contributed by atoms with van der Waals surface area (Å²) in [5.41, 5.74) is 5.76. The van der Waals surface area contributed by atoms with Crippen LogP contribution in [0.1, 0.15) is 13.3 Å². The second-order valence-corrected chi connectivity index (χ2v) is 4.75. The first-order valence-electron chi connectivity index (χ1n) is 6.00. The van der Waals surface area contributed by atoms with Crippen LogP contribution >= 0.6 is 11.6 Å². The fourth-order valence-electron chi connectivity index (χ4n) is 2.02. The van der Waals surface area contributed by atoms with Gasteiger partial charge in [-0.3, -0.25) is 10.1 Å². The van der Waals surface area contributed by atoms with Crippen molar-refractivity contribution < 1.29 is 14.4 Å². The van der Waals surface area contributed by atoms with Crippen LogP contribution < -0.4 is 10.5 Å². The Labute approximate surface area is 115 Å². The Balaban J connectivity index is 2.05. The molecular weight excluding hydrogens is 272 g/mol. The van der Waals surface area contributed by atoms with Crippen LogP contribution in [0.15, 0.2) is 18.2 Å². The van der Waals surface area contributed by atoms with Crippen molar-refractivity contribution in [3.8, 4) is 5.75 Å². The molecule has 19 heavy (non-hydrogen) atoms. The number of halogens is 1. The van der Waals surface area contributed by atoms with Crippen molar-refractivity contribution in [3.05, 3.63) is 33.3 Å². The van der Waals surface area contributed by atoms with Crippen LogP contribution in [0.4, 0.5) is 5.69 Å². The van der Waals surface area contributed by atoms with Gasteiger partial charge in [-0.25, -0.2) is 0 Å². The molecule has 1 aliphatic carbocycles. The molecule has 7 heteroatoms. The summed E-state index contributed by atoms with van der Waals surface area (Å²) in [6.07, 6.45) is 0.364. The summed E-state index contributed by atoms with van der Waals surface area (Å²) in [7, 11) is 0. The average Bonchev–Trinajstić information content (AvgIpc) is 2.37. The van der Waals surface area contributed by atoms with E-state index in [1.807, 2.05) is 6.92 Å². The molecule has 0 saturated heterocycles. The molecule has 1 aliphatic rings. The van der Waals surface area contributed by atoms with Crippen LogP contribution in [0.2, 0.25) is 5.02 Å². The average molecular weight is 287 g/mol. The minimum absolute atomic E-state index is 0.0400. The lowest BCUT2D eigenvalue weighted by molar-refractivity contribution is -0.384. The van der Waals surface area contributed by atoms with Gasteiger partial charge in [0.2, 0.25) is 0 Å². The summed E-state index contributed by atoms with van der Waals surface area (Å²) in [6.45, 7) is 2.45. The molecule has 0 aliphatic heterocycles. The van der Waals surface area contributed by atoms with Crippen LogP contribution in [-0.2, 0) is 4.74 Å². The van der Waals surface area contributed by atoms with E-state index in [9.17, 15) is 10.1 Å². The van der Waals surface area contributed by atoms with Gasteiger partial charge in [0.25, 0.3) is 5.69 Å². The Bertz CT molecular complexity index is 483. The first kappa shape index (κ1) is 14.0. The van der Waals surface area contributed by atoms with Crippen molar-refractivity contribution in [3.63, 3.8) is 0 Å². The third-order valence-corrected chi connectivity index (χ3v) is 3.35. The van der Waals surface area contributed by atoms with E-state index in [0.29, 0.717) is 18.8 Å². The third kappa shape index (κ3) is 2.97. The zero-order valence-corrected chi connectivity index (χ0v) is 11.2. The molecule has 0 radical (unpaired) electrons. The largest absolute Gasteiger partial charge is 0.486 e. The van der Waals surface area contributed by atoms with Crippen molar-refractivity contribution >= 4 is 17.3 Å². The normalized spacial score (nSPS) is 25.7. The molecule has 1 aromatic carbocycles. The molecule has 2 N–H and O–H groups in total. The van der Waals surface area contributed by atoms with E-state index in [2.05, 4.69) is 0 Å². The van der Waals surface area contributed by atoms with Gasteiger partial charge in [-0.2, -0.15) is 0 Å². The molecule has 1 aromatic rings. The first-order chi connectivity index (χ1) is 9.02. The molecule has 0 heterocycles. The lowest BCUT2D eigenvalue weighted by atomic mass is 9.86. The molecule has 0 spiro atoms. The summed E-state index contributed by atoms with van der Waals surface area (Å²) in [5, 5.41) is 10.8. The van der Waals surface area contributed by atoms with Crippen LogP contribution in [-0.4, -0.2) is 29.8 Å². The maximum atomic E-state index is 10.6. The molecule has 2 rings (SSSR count). The summed E-state index contributed by atoms with van der Waals surface area (Å²) in [5.74, 6) is 0.411. The van der Waals surface area contributed by atoms with Gasteiger partial charge >= 0.3 is 0 Å². The highest BCUT2D eigenvalue weighted by molar-refractivity contribution is 6.32. The molecule has 0 amide bonds. The molecular formula is C12H15ClN2O4. The van der Waals surface area contributed by atoms with E-state index < -0.39 is 4.92 Å². The molecule has 6 nitrogen and oxygen atoms in total. The van der Waals surface area contributed by atoms with Crippen molar-refractivity contribution in [2.45, 2.75) is 31.6 Å². The quantitative estimate of drug-likeness (QED) is 0.662. The fourth-order valence-corrected chi connectivity index (χ4v) is 2.24. The zero-order valence-electron chi connectivity index (χ0n) is 10.4. The third-order valence-electron chi connectivity index (χ3n) is 3.06. The van der Waals surface area contributed by atoms with Gasteiger partial charge in [0.15, 0.2) is 0 Å². The number of non-ortho nitro benzene ring substituents is 1. The summed E-state index contributed by atoms with van der Waals surface area (Å²) < 4.78 is 11.2. The molecule has 104 valence electrons. The van der Waals surface area contributed by atoms with Gasteiger partial charge in [-0.05, 0) is 13.0 Å². The van der Waals surface area contributed by atoms with Gasteiger partial charge in [-0.1, -0.05) is 11.6 Å². The van der Waals surface area contributed by atoms with E-state index in [1.165, 1.54) is 18.2 Å². The molecule has 3 unspecified atom stereocenters. The number of nitrogens with zero attached hydrogens (tertiary/aromatic N) is 1. The predicted molar refractivity (Wildman–Crippen MR) is 70.5 cm³/mol. The van der Waals surface area contributed by atoms with Crippen LogP contribution in [0.5, 0.6) is 5.75 Å². The van der Waals surface area contributed by atoms with Gasteiger partial charge in [0.05, 0.1) is 9.95 Å². The molecule has 0 aromatic heterocycles. The minimum atomic E-state index is -0.502. The molecule has 0 bridgehead atoms. The van der Waals surface area contributed by atoms with Crippen molar-refractivity contribution in [1.82, 2.24) is 0 Å². The number of hydrogen-bond acceptors (Lipinski definition) is 5. The SMILES string of the molecule is CCOC1C(N)CC1Oc1ccc([N+](=O)[O-])cc1Cl. The number of ether oxygens (including phenoxy) is 2. The lowest BCUT2D eigenvalue weighted by Crippen LogP contribution is -2.59. The highest BCUT2D eigenvalue weighted by Crippen LogP contribution is 2.33. The van der Waals surface area contributed by atoms with Crippen LogP contribution in [0, 0.1) is 10.1 Å². The Morgan fingerprint density at radius 1 is 1.58 bits per heavy atom. The summed E-state index contributed by atoms with van der Waals surface area (Å²) >= 11 is 5.96. The van der Waals surface area contributed by atoms with Gasteiger partial charge < -0.3 is 15.2 Å².